The summed E-state index contributed by atoms with van der Waals surface area (Å²) in [5, 5.41) is 21.7. The highest BCUT2D eigenvalue weighted by atomic mass is 16.7. The standard InChI is InChI=1S/C19H21N3O5/c23-15-8-14(9-16(24)10-15)20-19(25)22-5-3-21(4-6-22)11-13-1-2-17-18(7-13)27-12-26-17/h1-2,7-10,23-24H,3-6,11-12H2,(H,20,25). The van der Waals surface area contributed by atoms with Gasteiger partial charge in [0.25, 0.3) is 0 Å². The summed E-state index contributed by atoms with van der Waals surface area (Å²) < 4.78 is 10.7. The Labute approximate surface area is 156 Å². The van der Waals surface area contributed by atoms with Crippen molar-refractivity contribution in [2.24, 2.45) is 0 Å². The molecule has 8 nitrogen and oxygen atoms in total. The summed E-state index contributed by atoms with van der Waals surface area (Å²) in [6.07, 6.45) is 0. The normalized spacial score (nSPS) is 16.4. The van der Waals surface area contributed by atoms with Gasteiger partial charge in [0.2, 0.25) is 6.79 Å². The molecule has 8 heteroatoms. The Hall–Kier alpha value is -3.13. The summed E-state index contributed by atoms with van der Waals surface area (Å²) in [5.41, 5.74) is 1.51. The van der Waals surface area contributed by atoms with Crippen molar-refractivity contribution in [2.75, 3.05) is 38.3 Å². The number of benzene rings is 2. The number of urea groups is 1. The minimum absolute atomic E-state index is 0.0983. The average molecular weight is 371 g/mol. The van der Waals surface area contributed by atoms with E-state index in [2.05, 4.69) is 10.2 Å². The van der Waals surface area contributed by atoms with E-state index in [0.717, 1.165) is 36.7 Å². The summed E-state index contributed by atoms with van der Waals surface area (Å²) in [4.78, 5) is 16.4. The third-order valence-corrected chi connectivity index (χ3v) is 4.66. The Morgan fingerprint density at radius 2 is 1.67 bits per heavy atom. The van der Waals surface area contributed by atoms with Crippen LogP contribution in [0, 0.1) is 0 Å². The molecule has 0 aromatic heterocycles. The second kappa shape index (κ2) is 7.24. The predicted molar refractivity (Wildman–Crippen MR) is 98.2 cm³/mol. The van der Waals surface area contributed by atoms with E-state index >= 15 is 0 Å². The molecular formula is C19H21N3O5. The fourth-order valence-corrected chi connectivity index (χ4v) is 3.28. The van der Waals surface area contributed by atoms with Crippen LogP contribution in [0.2, 0.25) is 0 Å². The quantitative estimate of drug-likeness (QED) is 0.766. The van der Waals surface area contributed by atoms with Crippen LogP contribution in [0.3, 0.4) is 0 Å². The summed E-state index contributed by atoms with van der Waals surface area (Å²) in [6, 6.07) is 9.71. The minimum atomic E-state index is -0.247. The molecule has 2 aliphatic heterocycles. The molecule has 1 saturated heterocycles. The molecule has 27 heavy (non-hydrogen) atoms. The van der Waals surface area contributed by atoms with Crippen molar-refractivity contribution >= 4 is 11.7 Å². The van der Waals surface area contributed by atoms with Gasteiger partial charge in [-0.2, -0.15) is 0 Å². The van der Waals surface area contributed by atoms with Gasteiger partial charge in [-0.25, -0.2) is 4.79 Å². The van der Waals surface area contributed by atoms with Gasteiger partial charge in [-0.3, -0.25) is 4.90 Å². The van der Waals surface area contributed by atoms with E-state index in [0.29, 0.717) is 18.8 Å². The van der Waals surface area contributed by atoms with Crippen LogP contribution in [0.5, 0.6) is 23.0 Å². The van der Waals surface area contributed by atoms with Crippen LogP contribution in [0.4, 0.5) is 10.5 Å². The Balaban J connectivity index is 1.30. The lowest BCUT2D eigenvalue weighted by Gasteiger charge is -2.34. The number of hydrogen-bond donors (Lipinski definition) is 3. The fourth-order valence-electron chi connectivity index (χ4n) is 3.28. The number of fused-ring (bicyclic) bond motifs is 1. The van der Waals surface area contributed by atoms with Crippen molar-refractivity contribution in [3.05, 3.63) is 42.0 Å². The maximum atomic E-state index is 12.4. The molecule has 142 valence electrons. The SMILES string of the molecule is O=C(Nc1cc(O)cc(O)c1)N1CCN(Cc2ccc3c(c2)OCO3)CC1. The Morgan fingerprint density at radius 1 is 0.963 bits per heavy atom. The number of aromatic hydroxyl groups is 2. The van der Waals surface area contributed by atoms with Gasteiger partial charge in [-0.15, -0.1) is 0 Å². The molecule has 2 amide bonds. The van der Waals surface area contributed by atoms with Crippen molar-refractivity contribution in [2.45, 2.75) is 6.54 Å². The molecule has 0 unspecified atom stereocenters. The lowest BCUT2D eigenvalue weighted by molar-refractivity contribution is 0.143. The van der Waals surface area contributed by atoms with Crippen LogP contribution >= 0.6 is 0 Å². The molecular weight excluding hydrogens is 350 g/mol. The maximum absolute atomic E-state index is 12.4. The summed E-state index contributed by atoms with van der Waals surface area (Å²) >= 11 is 0. The largest absolute Gasteiger partial charge is 0.508 e. The number of nitrogens with zero attached hydrogens (tertiary/aromatic N) is 2. The maximum Gasteiger partial charge on any atom is 0.321 e. The predicted octanol–water partition coefficient (Wildman–Crippen LogP) is 2.18. The number of rotatable bonds is 3. The highest BCUT2D eigenvalue weighted by Crippen LogP contribution is 2.33. The molecule has 0 atom stereocenters. The Kier molecular flexibility index (Phi) is 4.64. The zero-order chi connectivity index (χ0) is 18.8. The monoisotopic (exact) mass is 371 g/mol. The highest BCUT2D eigenvalue weighted by molar-refractivity contribution is 5.89. The molecule has 0 spiro atoms. The number of carbonyl (C=O) groups is 1. The zero-order valence-corrected chi connectivity index (χ0v) is 14.7. The average Bonchev–Trinajstić information content (AvgIpc) is 3.09. The highest BCUT2D eigenvalue weighted by Gasteiger charge is 2.22. The van der Waals surface area contributed by atoms with E-state index in [4.69, 9.17) is 9.47 Å². The third kappa shape index (κ3) is 4.01. The minimum Gasteiger partial charge on any atom is -0.508 e. The van der Waals surface area contributed by atoms with Crippen LogP contribution in [0.15, 0.2) is 36.4 Å². The van der Waals surface area contributed by atoms with Crippen molar-refractivity contribution in [3.8, 4) is 23.0 Å². The van der Waals surface area contributed by atoms with Crippen molar-refractivity contribution in [1.29, 1.82) is 0 Å². The number of phenolic OH excluding ortho intramolecular Hbond substituents is 2. The van der Waals surface area contributed by atoms with Crippen molar-refractivity contribution in [3.63, 3.8) is 0 Å². The van der Waals surface area contributed by atoms with Gasteiger partial charge in [0, 0.05) is 56.6 Å². The topological polar surface area (TPSA) is 94.5 Å². The molecule has 0 aliphatic carbocycles. The second-order valence-corrected chi connectivity index (χ2v) is 6.62. The van der Waals surface area contributed by atoms with Gasteiger partial charge in [0.1, 0.15) is 11.5 Å². The number of nitrogens with one attached hydrogen (secondary N) is 1. The third-order valence-electron chi connectivity index (χ3n) is 4.66. The van der Waals surface area contributed by atoms with E-state index in [1.807, 2.05) is 18.2 Å². The first-order chi connectivity index (χ1) is 13.1. The van der Waals surface area contributed by atoms with E-state index in [-0.39, 0.29) is 24.3 Å². The molecule has 2 aromatic carbocycles. The summed E-state index contributed by atoms with van der Waals surface area (Å²) in [7, 11) is 0. The van der Waals surface area contributed by atoms with Gasteiger partial charge in [-0.1, -0.05) is 6.07 Å². The van der Waals surface area contributed by atoms with Crippen LogP contribution in [0.1, 0.15) is 5.56 Å². The van der Waals surface area contributed by atoms with Crippen molar-refractivity contribution < 1.29 is 24.5 Å². The molecule has 2 heterocycles. The number of phenols is 2. The van der Waals surface area contributed by atoms with Gasteiger partial charge in [0.05, 0.1) is 0 Å². The van der Waals surface area contributed by atoms with E-state index in [1.54, 1.807) is 4.90 Å². The summed E-state index contributed by atoms with van der Waals surface area (Å²) in [5.74, 6) is 1.36. The van der Waals surface area contributed by atoms with E-state index in [1.165, 1.54) is 18.2 Å². The Bertz CT molecular complexity index is 829. The van der Waals surface area contributed by atoms with Crippen LogP contribution < -0.4 is 14.8 Å². The smallest absolute Gasteiger partial charge is 0.321 e. The number of carbonyl (C=O) groups excluding carboxylic acids is 1. The molecule has 2 aliphatic rings. The fraction of sp³-hybridized carbons (Fsp3) is 0.316. The van der Waals surface area contributed by atoms with Gasteiger partial charge in [0.15, 0.2) is 11.5 Å². The number of ether oxygens (including phenoxy) is 2. The van der Waals surface area contributed by atoms with Crippen LogP contribution in [0.25, 0.3) is 0 Å². The van der Waals surface area contributed by atoms with Gasteiger partial charge in [-0.05, 0) is 17.7 Å². The summed E-state index contributed by atoms with van der Waals surface area (Å²) in [6.45, 7) is 3.76. The number of anilines is 1. The van der Waals surface area contributed by atoms with Crippen LogP contribution in [-0.4, -0.2) is 59.0 Å². The number of piperazine rings is 1. The van der Waals surface area contributed by atoms with Crippen LogP contribution in [-0.2, 0) is 6.54 Å². The molecule has 0 saturated carbocycles. The zero-order valence-electron chi connectivity index (χ0n) is 14.7. The molecule has 3 N–H and O–H groups in total. The molecule has 2 aromatic rings. The Morgan fingerprint density at radius 3 is 2.41 bits per heavy atom. The number of hydrogen-bond acceptors (Lipinski definition) is 6. The van der Waals surface area contributed by atoms with E-state index < -0.39 is 0 Å². The number of amides is 2. The first-order valence-corrected chi connectivity index (χ1v) is 8.77. The van der Waals surface area contributed by atoms with Crippen molar-refractivity contribution in [1.82, 2.24) is 9.80 Å². The van der Waals surface area contributed by atoms with Gasteiger partial charge < -0.3 is 29.9 Å². The molecule has 4 rings (SSSR count). The first-order valence-electron chi connectivity index (χ1n) is 8.77. The lowest BCUT2D eigenvalue weighted by Crippen LogP contribution is -2.49. The molecule has 0 radical (unpaired) electrons. The molecule has 0 bridgehead atoms. The van der Waals surface area contributed by atoms with Gasteiger partial charge >= 0.3 is 6.03 Å². The first kappa shape index (κ1) is 17.3. The lowest BCUT2D eigenvalue weighted by atomic mass is 10.1. The van der Waals surface area contributed by atoms with E-state index in [9.17, 15) is 15.0 Å². The second-order valence-electron chi connectivity index (χ2n) is 6.62. The molecule has 1 fully saturated rings.